The molecular weight excluding hydrogens is 288 g/mol. The molecule has 0 unspecified atom stereocenters. The van der Waals surface area contributed by atoms with E-state index in [9.17, 15) is 9.59 Å². The zero-order chi connectivity index (χ0) is 15.5. The summed E-state index contributed by atoms with van der Waals surface area (Å²) in [6, 6.07) is 7.51. The van der Waals surface area contributed by atoms with Gasteiger partial charge in [0.1, 0.15) is 0 Å². The molecule has 2 aromatic rings. The van der Waals surface area contributed by atoms with E-state index in [1.165, 1.54) is 0 Å². The van der Waals surface area contributed by atoms with E-state index in [1.807, 2.05) is 29.6 Å². The first-order valence-corrected chi connectivity index (χ1v) is 7.52. The maximum atomic E-state index is 12.0. The number of carboxylic acid groups (broad SMARTS) is 1. The van der Waals surface area contributed by atoms with Crippen LogP contribution in [0.15, 0.2) is 29.6 Å². The van der Waals surface area contributed by atoms with E-state index >= 15 is 0 Å². The number of hydrogen-bond acceptors (Lipinski definition) is 3. The fourth-order valence-corrected chi connectivity index (χ4v) is 2.91. The molecule has 0 saturated heterocycles. The number of hydrogen-bond donors (Lipinski definition) is 3. The molecule has 0 bridgehead atoms. The molecule has 0 atom stereocenters. The average Bonchev–Trinajstić information content (AvgIpc) is 2.79. The van der Waals surface area contributed by atoms with Crippen LogP contribution in [-0.4, -0.2) is 22.6 Å². The molecule has 2 rings (SSSR count). The normalized spacial score (nSPS) is 11.3. The van der Waals surface area contributed by atoms with E-state index in [0.717, 1.165) is 15.8 Å². The number of amides is 2. The molecule has 6 heteroatoms. The lowest BCUT2D eigenvalue weighted by Crippen LogP contribution is -2.45. The van der Waals surface area contributed by atoms with Gasteiger partial charge in [0.2, 0.25) is 0 Å². The van der Waals surface area contributed by atoms with Crippen LogP contribution < -0.4 is 10.6 Å². The van der Waals surface area contributed by atoms with Crippen LogP contribution >= 0.6 is 11.3 Å². The zero-order valence-electron chi connectivity index (χ0n) is 12.0. The van der Waals surface area contributed by atoms with Gasteiger partial charge in [0, 0.05) is 27.4 Å². The average molecular weight is 306 g/mol. The summed E-state index contributed by atoms with van der Waals surface area (Å²) in [5.41, 5.74) is 0.191. The Labute approximate surface area is 127 Å². The maximum Gasteiger partial charge on any atom is 0.319 e. The molecule has 1 heterocycles. The topological polar surface area (TPSA) is 78.4 Å². The van der Waals surface area contributed by atoms with Crippen LogP contribution in [0, 0.1) is 0 Å². The molecule has 1 aromatic carbocycles. The van der Waals surface area contributed by atoms with Gasteiger partial charge in [-0.25, -0.2) is 4.79 Å². The standard InChI is InChI=1S/C15H18N2O3S/c1-15(2,8-7-13(18)19)17-14(20)16-11-9-21-12-6-4-3-5-10(11)12/h3-6,9H,7-8H2,1-2H3,(H,18,19)(H2,16,17,20). The number of anilines is 1. The predicted molar refractivity (Wildman–Crippen MR) is 84.9 cm³/mol. The summed E-state index contributed by atoms with van der Waals surface area (Å²) >= 11 is 1.57. The SMILES string of the molecule is CC(C)(CCC(=O)O)NC(=O)Nc1csc2ccccc12. The molecule has 0 aliphatic rings. The number of benzene rings is 1. The van der Waals surface area contributed by atoms with Crippen molar-refractivity contribution in [3.05, 3.63) is 29.6 Å². The Balaban J connectivity index is 2.00. The number of nitrogens with one attached hydrogen (secondary N) is 2. The van der Waals surface area contributed by atoms with Gasteiger partial charge in [-0.05, 0) is 26.3 Å². The lowest BCUT2D eigenvalue weighted by Gasteiger charge is -2.25. The second-order valence-electron chi connectivity index (χ2n) is 5.50. The Kier molecular flexibility index (Phi) is 4.47. The third-order valence-corrected chi connectivity index (χ3v) is 4.11. The molecule has 0 spiro atoms. The van der Waals surface area contributed by atoms with Gasteiger partial charge in [0.15, 0.2) is 0 Å². The number of carbonyl (C=O) groups is 2. The first kappa shape index (κ1) is 15.3. The van der Waals surface area contributed by atoms with Crippen molar-refractivity contribution in [3.63, 3.8) is 0 Å². The largest absolute Gasteiger partial charge is 0.481 e. The summed E-state index contributed by atoms with van der Waals surface area (Å²) in [6.07, 6.45) is 0.398. The van der Waals surface area contributed by atoms with E-state index in [-0.39, 0.29) is 12.5 Å². The molecule has 2 amide bonds. The second-order valence-corrected chi connectivity index (χ2v) is 6.41. The van der Waals surface area contributed by atoms with E-state index in [1.54, 1.807) is 25.2 Å². The fraction of sp³-hybridized carbons (Fsp3) is 0.333. The quantitative estimate of drug-likeness (QED) is 0.788. The zero-order valence-corrected chi connectivity index (χ0v) is 12.8. The molecular formula is C15H18N2O3S. The smallest absolute Gasteiger partial charge is 0.319 e. The number of carbonyl (C=O) groups excluding carboxylic acids is 1. The number of fused-ring (bicyclic) bond motifs is 1. The van der Waals surface area contributed by atoms with E-state index in [0.29, 0.717) is 6.42 Å². The molecule has 3 N–H and O–H groups in total. The highest BCUT2D eigenvalue weighted by Gasteiger charge is 2.21. The first-order chi connectivity index (χ1) is 9.87. The van der Waals surface area contributed by atoms with E-state index in [2.05, 4.69) is 10.6 Å². The number of rotatable bonds is 5. The molecule has 21 heavy (non-hydrogen) atoms. The molecule has 112 valence electrons. The predicted octanol–water partition coefficient (Wildman–Crippen LogP) is 3.67. The van der Waals surface area contributed by atoms with Gasteiger partial charge in [-0.1, -0.05) is 18.2 Å². The second kappa shape index (κ2) is 6.13. The van der Waals surface area contributed by atoms with Crippen molar-refractivity contribution in [2.45, 2.75) is 32.2 Å². The van der Waals surface area contributed by atoms with Crippen molar-refractivity contribution in [1.82, 2.24) is 5.32 Å². The van der Waals surface area contributed by atoms with Gasteiger partial charge in [-0.3, -0.25) is 4.79 Å². The lowest BCUT2D eigenvalue weighted by molar-refractivity contribution is -0.137. The molecule has 0 fully saturated rings. The van der Waals surface area contributed by atoms with Crippen molar-refractivity contribution in [3.8, 4) is 0 Å². The summed E-state index contributed by atoms with van der Waals surface area (Å²) < 4.78 is 1.11. The van der Waals surface area contributed by atoms with Crippen LogP contribution in [0.25, 0.3) is 10.1 Å². The highest BCUT2D eigenvalue weighted by molar-refractivity contribution is 7.17. The van der Waals surface area contributed by atoms with Gasteiger partial charge in [-0.2, -0.15) is 0 Å². The Morgan fingerprint density at radius 2 is 2.00 bits per heavy atom. The maximum absolute atomic E-state index is 12.0. The van der Waals surface area contributed by atoms with Crippen LogP contribution in [0.5, 0.6) is 0 Å². The Hall–Kier alpha value is -2.08. The molecule has 0 aliphatic carbocycles. The highest BCUT2D eigenvalue weighted by atomic mass is 32.1. The van der Waals surface area contributed by atoms with Gasteiger partial charge in [0.05, 0.1) is 5.69 Å². The highest BCUT2D eigenvalue weighted by Crippen LogP contribution is 2.29. The van der Waals surface area contributed by atoms with Crippen molar-refractivity contribution >= 4 is 39.1 Å². The van der Waals surface area contributed by atoms with E-state index < -0.39 is 11.5 Å². The van der Waals surface area contributed by atoms with Crippen molar-refractivity contribution < 1.29 is 14.7 Å². The van der Waals surface area contributed by atoms with E-state index in [4.69, 9.17) is 5.11 Å². The minimum Gasteiger partial charge on any atom is -0.481 e. The number of carboxylic acids is 1. The molecule has 5 nitrogen and oxygen atoms in total. The van der Waals surface area contributed by atoms with Gasteiger partial charge in [0.25, 0.3) is 0 Å². The molecule has 0 radical (unpaired) electrons. The minimum atomic E-state index is -0.867. The Morgan fingerprint density at radius 3 is 2.71 bits per heavy atom. The van der Waals surface area contributed by atoms with Crippen molar-refractivity contribution in [2.75, 3.05) is 5.32 Å². The molecule has 0 aliphatic heterocycles. The third kappa shape index (κ3) is 4.19. The van der Waals surface area contributed by atoms with Crippen LogP contribution in [0.2, 0.25) is 0 Å². The van der Waals surface area contributed by atoms with Crippen molar-refractivity contribution in [1.29, 1.82) is 0 Å². The first-order valence-electron chi connectivity index (χ1n) is 6.64. The lowest BCUT2D eigenvalue weighted by atomic mass is 9.99. The van der Waals surface area contributed by atoms with Crippen LogP contribution in [0.3, 0.4) is 0 Å². The minimum absolute atomic E-state index is 0.0225. The fourth-order valence-electron chi connectivity index (χ4n) is 2.02. The van der Waals surface area contributed by atoms with Gasteiger partial charge in [-0.15, -0.1) is 11.3 Å². The van der Waals surface area contributed by atoms with Crippen LogP contribution in [0.1, 0.15) is 26.7 Å². The molecule has 0 saturated carbocycles. The summed E-state index contributed by atoms with van der Waals surface area (Å²) in [5, 5.41) is 17.2. The number of aliphatic carboxylic acids is 1. The Bertz CT molecular complexity index is 664. The van der Waals surface area contributed by atoms with Gasteiger partial charge < -0.3 is 15.7 Å². The summed E-state index contributed by atoms with van der Waals surface area (Å²) in [4.78, 5) is 22.7. The van der Waals surface area contributed by atoms with Crippen LogP contribution in [0.4, 0.5) is 10.5 Å². The molecule has 1 aromatic heterocycles. The number of urea groups is 1. The number of thiophene rings is 1. The van der Waals surface area contributed by atoms with Crippen molar-refractivity contribution in [2.24, 2.45) is 0 Å². The summed E-state index contributed by atoms with van der Waals surface area (Å²) in [6.45, 7) is 3.61. The monoisotopic (exact) mass is 306 g/mol. The third-order valence-electron chi connectivity index (χ3n) is 3.14. The van der Waals surface area contributed by atoms with Gasteiger partial charge >= 0.3 is 12.0 Å². The summed E-state index contributed by atoms with van der Waals surface area (Å²) in [7, 11) is 0. The summed E-state index contributed by atoms with van der Waals surface area (Å²) in [5.74, 6) is -0.867. The Morgan fingerprint density at radius 1 is 1.29 bits per heavy atom. The van der Waals surface area contributed by atoms with Crippen LogP contribution in [-0.2, 0) is 4.79 Å².